The lowest BCUT2D eigenvalue weighted by Crippen LogP contribution is -2.50. The summed E-state index contributed by atoms with van der Waals surface area (Å²) in [5.41, 5.74) is 5.74. The standard InChI is InChI=1S/C15H20N2O3/c1-15(2)14(19)17(3)11-9-10(6-7-13(11)20-15)12(18)5-4-8-16/h6-7,9H,4-5,8,16H2,1-3H3. The zero-order valence-corrected chi connectivity index (χ0v) is 12.1. The number of nitrogens with two attached hydrogens (primary N) is 1. The largest absolute Gasteiger partial charge is 0.476 e. The number of amides is 1. The molecule has 5 heteroatoms. The van der Waals surface area contributed by atoms with Gasteiger partial charge >= 0.3 is 0 Å². The Kier molecular flexibility index (Phi) is 3.81. The van der Waals surface area contributed by atoms with Crippen molar-refractivity contribution in [2.45, 2.75) is 32.3 Å². The van der Waals surface area contributed by atoms with Crippen LogP contribution in [0.1, 0.15) is 37.0 Å². The Labute approximate surface area is 118 Å². The Hall–Kier alpha value is -1.88. The second-order valence-corrected chi connectivity index (χ2v) is 5.47. The quantitative estimate of drug-likeness (QED) is 0.850. The molecular weight excluding hydrogens is 256 g/mol. The third kappa shape index (κ3) is 2.54. The van der Waals surface area contributed by atoms with Crippen LogP contribution in [0.2, 0.25) is 0 Å². The second kappa shape index (κ2) is 5.25. The normalized spacial score (nSPS) is 16.6. The van der Waals surface area contributed by atoms with Crippen molar-refractivity contribution in [2.24, 2.45) is 5.73 Å². The number of anilines is 1. The van der Waals surface area contributed by atoms with Crippen LogP contribution < -0.4 is 15.4 Å². The molecule has 2 N–H and O–H groups in total. The summed E-state index contributed by atoms with van der Waals surface area (Å²) >= 11 is 0. The van der Waals surface area contributed by atoms with Crippen LogP contribution in [0.15, 0.2) is 18.2 Å². The fraction of sp³-hybridized carbons (Fsp3) is 0.467. The van der Waals surface area contributed by atoms with Gasteiger partial charge < -0.3 is 15.4 Å². The number of carbonyl (C=O) groups is 2. The third-order valence-corrected chi connectivity index (χ3v) is 3.44. The Balaban J connectivity index is 2.33. The summed E-state index contributed by atoms with van der Waals surface area (Å²) in [5, 5.41) is 0. The molecule has 0 fully saturated rings. The van der Waals surface area contributed by atoms with Gasteiger partial charge in [0.2, 0.25) is 0 Å². The van der Waals surface area contributed by atoms with E-state index < -0.39 is 5.60 Å². The van der Waals surface area contributed by atoms with Gasteiger partial charge in [0, 0.05) is 19.0 Å². The van der Waals surface area contributed by atoms with Crippen LogP contribution in [0.5, 0.6) is 5.75 Å². The maximum Gasteiger partial charge on any atom is 0.270 e. The first-order valence-corrected chi connectivity index (χ1v) is 6.71. The number of fused-ring (bicyclic) bond motifs is 1. The van der Waals surface area contributed by atoms with Crippen molar-refractivity contribution >= 4 is 17.4 Å². The van der Waals surface area contributed by atoms with Crippen LogP contribution in [0.4, 0.5) is 5.69 Å². The predicted octanol–water partition coefficient (Wildman–Crippen LogP) is 1.74. The highest BCUT2D eigenvalue weighted by Gasteiger charge is 2.39. The smallest absolute Gasteiger partial charge is 0.270 e. The molecule has 0 saturated carbocycles. The maximum absolute atomic E-state index is 12.2. The number of hydrogen-bond donors (Lipinski definition) is 1. The first-order chi connectivity index (χ1) is 9.36. The SMILES string of the molecule is CN1C(=O)C(C)(C)Oc2ccc(C(=O)CCCN)cc21. The molecule has 0 atom stereocenters. The molecule has 1 aliphatic rings. The van der Waals surface area contributed by atoms with E-state index in [9.17, 15) is 9.59 Å². The fourth-order valence-corrected chi connectivity index (χ4v) is 2.28. The summed E-state index contributed by atoms with van der Waals surface area (Å²) in [5.74, 6) is 0.521. The number of Topliss-reactive ketones (excluding diaryl/α,β-unsaturated/α-hetero) is 1. The van der Waals surface area contributed by atoms with E-state index in [1.54, 1.807) is 44.0 Å². The maximum atomic E-state index is 12.2. The Bertz CT molecular complexity index is 552. The minimum Gasteiger partial charge on any atom is -0.476 e. The van der Waals surface area contributed by atoms with Gasteiger partial charge in [-0.2, -0.15) is 0 Å². The van der Waals surface area contributed by atoms with Crippen molar-refractivity contribution < 1.29 is 14.3 Å². The van der Waals surface area contributed by atoms with Crippen molar-refractivity contribution in [1.82, 2.24) is 0 Å². The van der Waals surface area contributed by atoms with Gasteiger partial charge in [0.05, 0.1) is 5.69 Å². The lowest BCUT2D eigenvalue weighted by Gasteiger charge is -2.37. The van der Waals surface area contributed by atoms with Crippen LogP contribution in [0, 0.1) is 0 Å². The molecule has 1 aromatic rings. The molecule has 0 aliphatic carbocycles. The Morgan fingerprint density at radius 3 is 2.75 bits per heavy atom. The Morgan fingerprint density at radius 2 is 2.10 bits per heavy atom. The summed E-state index contributed by atoms with van der Waals surface area (Å²) in [7, 11) is 1.69. The zero-order chi connectivity index (χ0) is 14.9. The average Bonchev–Trinajstić information content (AvgIpc) is 2.42. The number of ketones is 1. The van der Waals surface area contributed by atoms with E-state index in [2.05, 4.69) is 0 Å². The van der Waals surface area contributed by atoms with E-state index in [0.29, 0.717) is 36.4 Å². The van der Waals surface area contributed by atoms with E-state index in [0.717, 1.165) is 0 Å². The van der Waals surface area contributed by atoms with Crippen molar-refractivity contribution in [2.75, 3.05) is 18.5 Å². The third-order valence-electron chi connectivity index (χ3n) is 3.44. The highest BCUT2D eigenvalue weighted by Crippen LogP contribution is 2.37. The van der Waals surface area contributed by atoms with Crippen LogP contribution in [0.3, 0.4) is 0 Å². The molecule has 1 heterocycles. The van der Waals surface area contributed by atoms with Crippen LogP contribution in [-0.2, 0) is 4.79 Å². The number of ether oxygens (including phenoxy) is 1. The van der Waals surface area contributed by atoms with E-state index in [4.69, 9.17) is 10.5 Å². The number of likely N-dealkylation sites (N-methyl/N-ethyl adjacent to an activating group) is 1. The molecule has 2 rings (SSSR count). The van der Waals surface area contributed by atoms with Crippen molar-refractivity contribution in [1.29, 1.82) is 0 Å². The summed E-state index contributed by atoms with van der Waals surface area (Å²) < 4.78 is 5.70. The molecule has 0 unspecified atom stereocenters. The molecular formula is C15H20N2O3. The van der Waals surface area contributed by atoms with Crippen molar-refractivity contribution in [3.05, 3.63) is 23.8 Å². The van der Waals surface area contributed by atoms with Crippen molar-refractivity contribution in [3.63, 3.8) is 0 Å². The van der Waals surface area contributed by atoms with Gasteiger partial charge in [-0.05, 0) is 45.0 Å². The van der Waals surface area contributed by atoms with E-state index in [1.165, 1.54) is 0 Å². The van der Waals surface area contributed by atoms with Gasteiger partial charge in [-0.3, -0.25) is 9.59 Å². The molecule has 1 aliphatic heterocycles. The molecule has 0 bridgehead atoms. The lowest BCUT2D eigenvalue weighted by atomic mass is 10.0. The number of hydrogen-bond acceptors (Lipinski definition) is 4. The predicted molar refractivity (Wildman–Crippen MR) is 77.2 cm³/mol. The monoisotopic (exact) mass is 276 g/mol. The summed E-state index contributed by atoms with van der Waals surface area (Å²) in [6.45, 7) is 3.95. The minimum absolute atomic E-state index is 0.0314. The minimum atomic E-state index is -0.882. The van der Waals surface area contributed by atoms with Gasteiger partial charge in [0.25, 0.3) is 5.91 Å². The van der Waals surface area contributed by atoms with Crippen molar-refractivity contribution in [3.8, 4) is 5.75 Å². The van der Waals surface area contributed by atoms with E-state index in [-0.39, 0.29) is 11.7 Å². The second-order valence-electron chi connectivity index (χ2n) is 5.47. The summed E-state index contributed by atoms with van der Waals surface area (Å²) in [6, 6.07) is 5.19. The molecule has 1 amide bonds. The highest BCUT2D eigenvalue weighted by molar-refractivity contribution is 6.04. The van der Waals surface area contributed by atoms with Crippen LogP contribution >= 0.6 is 0 Å². The number of benzene rings is 1. The first kappa shape index (κ1) is 14.5. The van der Waals surface area contributed by atoms with E-state index in [1.807, 2.05) is 0 Å². The van der Waals surface area contributed by atoms with Gasteiger partial charge in [-0.15, -0.1) is 0 Å². The molecule has 1 aromatic carbocycles. The fourth-order valence-electron chi connectivity index (χ4n) is 2.28. The van der Waals surface area contributed by atoms with Gasteiger partial charge in [0.1, 0.15) is 5.75 Å². The molecule has 108 valence electrons. The van der Waals surface area contributed by atoms with Crippen LogP contribution in [0.25, 0.3) is 0 Å². The zero-order valence-electron chi connectivity index (χ0n) is 12.1. The van der Waals surface area contributed by atoms with Gasteiger partial charge in [0.15, 0.2) is 11.4 Å². The summed E-state index contributed by atoms with van der Waals surface area (Å²) in [6.07, 6.45) is 1.08. The highest BCUT2D eigenvalue weighted by atomic mass is 16.5. The van der Waals surface area contributed by atoms with Gasteiger partial charge in [-0.25, -0.2) is 0 Å². The van der Waals surface area contributed by atoms with Gasteiger partial charge in [-0.1, -0.05) is 0 Å². The Morgan fingerprint density at radius 1 is 1.40 bits per heavy atom. The molecule has 0 aromatic heterocycles. The number of carbonyl (C=O) groups excluding carboxylic acids is 2. The molecule has 0 radical (unpaired) electrons. The topological polar surface area (TPSA) is 72.6 Å². The molecule has 20 heavy (non-hydrogen) atoms. The summed E-state index contributed by atoms with van der Waals surface area (Å²) in [4.78, 5) is 25.7. The molecule has 0 saturated heterocycles. The molecule has 5 nitrogen and oxygen atoms in total. The average molecular weight is 276 g/mol. The molecule has 0 spiro atoms. The lowest BCUT2D eigenvalue weighted by molar-refractivity contribution is -0.132. The van der Waals surface area contributed by atoms with E-state index >= 15 is 0 Å². The number of nitrogens with zero attached hydrogens (tertiary/aromatic N) is 1. The first-order valence-electron chi connectivity index (χ1n) is 6.71. The number of rotatable bonds is 4. The van der Waals surface area contributed by atoms with Crippen LogP contribution in [-0.4, -0.2) is 30.9 Å².